The van der Waals surface area contributed by atoms with Gasteiger partial charge in [-0.05, 0) is 50.1 Å². The zero-order valence-electron chi connectivity index (χ0n) is 32.1. The molecule has 4 aromatic carbocycles. The molecule has 0 N–H and O–H groups in total. The normalized spacial score (nSPS) is 16.7. The number of benzene rings is 4. The van der Waals surface area contributed by atoms with Crippen molar-refractivity contribution in [2.45, 2.75) is 102 Å². The molecule has 274 valence electrons. The first kappa shape index (κ1) is 39.7. The van der Waals surface area contributed by atoms with Crippen molar-refractivity contribution >= 4 is 37.4 Å². The van der Waals surface area contributed by atoms with E-state index in [1.54, 1.807) is 0 Å². The minimum absolute atomic E-state index is 0.169. The van der Waals surface area contributed by atoms with E-state index in [4.69, 9.17) is 18.3 Å². The molecule has 0 amide bonds. The average molecular weight is 731 g/mol. The fourth-order valence-electron chi connectivity index (χ4n) is 7.70. The summed E-state index contributed by atoms with van der Waals surface area (Å²) in [5.74, 6) is 6.78. The molecular formula is C46H58O4Si2. The van der Waals surface area contributed by atoms with Crippen LogP contribution in [-0.2, 0) is 18.3 Å². The molecule has 1 aliphatic rings. The fourth-order valence-corrected chi connectivity index (χ4v) is 17.1. The van der Waals surface area contributed by atoms with Crippen LogP contribution in [0.5, 0.6) is 0 Å². The summed E-state index contributed by atoms with van der Waals surface area (Å²) < 4.78 is 27.2. The van der Waals surface area contributed by atoms with Crippen LogP contribution < -0.4 is 20.7 Å². The summed E-state index contributed by atoms with van der Waals surface area (Å²) in [5.41, 5.74) is 0. The van der Waals surface area contributed by atoms with Crippen molar-refractivity contribution in [3.05, 3.63) is 134 Å². The van der Waals surface area contributed by atoms with Crippen LogP contribution in [0.25, 0.3) is 0 Å². The van der Waals surface area contributed by atoms with E-state index in [0.717, 1.165) is 25.9 Å². The third kappa shape index (κ3) is 9.14. The van der Waals surface area contributed by atoms with Crippen LogP contribution in [0.2, 0.25) is 10.1 Å². The van der Waals surface area contributed by atoms with Crippen molar-refractivity contribution in [3.8, 4) is 11.8 Å². The van der Waals surface area contributed by atoms with E-state index >= 15 is 0 Å². The highest BCUT2D eigenvalue weighted by atomic mass is 28.4. The van der Waals surface area contributed by atoms with Gasteiger partial charge in [0.25, 0.3) is 16.6 Å². The molecule has 1 unspecified atom stereocenters. The van der Waals surface area contributed by atoms with E-state index < -0.39 is 16.6 Å². The Bertz CT molecular complexity index is 1640. The van der Waals surface area contributed by atoms with Crippen molar-refractivity contribution in [2.75, 3.05) is 13.2 Å². The molecule has 3 atom stereocenters. The van der Waals surface area contributed by atoms with Gasteiger partial charge in [-0.25, -0.2) is 0 Å². The zero-order valence-corrected chi connectivity index (χ0v) is 34.1. The lowest BCUT2D eigenvalue weighted by Crippen LogP contribution is -2.68. The molecule has 0 saturated carbocycles. The highest BCUT2D eigenvalue weighted by molar-refractivity contribution is 7.00. The second-order valence-corrected chi connectivity index (χ2v) is 24.4. The van der Waals surface area contributed by atoms with Gasteiger partial charge in [0.05, 0.1) is 12.2 Å². The predicted molar refractivity (Wildman–Crippen MR) is 222 cm³/mol. The smallest absolute Gasteiger partial charge is 0.261 e. The van der Waals surface area contributed by atoms with Gasteiger partial charge in [0, 0.05) is 19.4 Å². The molecule has 5 rings (SSSR count). The van der Waals surface area contributed by atoms with Crippen LogP contribution in [-0.4, -0.2) is 48.3 Å². The molecule has 4 aromatic rings. The Morgan fingerprint density at radius 2 is 1.12 bits per heavy atom. The first-order chi connectivity index (χ1) is 25.0. The van der Waals surface area contributed by atoms with Gasteiger partial charge in [0.2, 0.25) is 0 Å². The summed E-state index contributed by atoms with van der Waals surface area (Å²) >= 11 is 0. The van der Waals surface area contributed by atoms with E-state index in [1.165, 1.54) is 20.7 Å². The Kier molecular flexibility index (Phi) is 13.7. The summed E-state index contributed by atoms with van der Waals surface area (Å²) in [5, 5.41) is 4.60. The van der Waals surface area contributed by atoms with Gasteiger partial charge in [-0.1, -0.05) is 181 Å². The summed E-state index contributed by atoms with van der Waals surface area (Å²) in [6.45, 7) is 19.4. The summed E-state index contributed by atoms with van der Waals surface area (Å²) in [6.07, 6.45) is 5.56. The van der Waals surface area contributed by atoms with Crippen LogP contribution in [0.4, 0.5) is 0 Å². The molecule has 1 fully saturated rings. The molecule has 0 spiro atoms. The highest BCUT2D eigenvalue weighted by Crippen LogP contribution is 2.40. The predicted octanol–water partition coefficient (Wildman–Crippen LogP) is 8.39. The lowest BCUT2D eigenvalue weighted by atomic mass is 10.1. The average Bonchev–Trinajstić information content (AvgIpc) is 3.16. The van der Waals surface area contributed by atoms with Crippen molar-refractivity contribution in [3.63, 3.8) is 0 Å². The van der Waals surface area contributed by atoms with Crippen LogP contribution in [0.15, 0.2) is 134 Å². The van der Waals surface area contributed by atoms with E-state index in [0.29, 0.717) is 19.4 Å². The topological polar surface area (TPSA) is 36.9 Å². The maximum atomic E-state index is 7.77. The van der Waals surface area contributed by atoms with E-state index in [2.05, 4.69) is 181 Å². The van der Waals surface area contributed by atoms with Gasteiger partial charge in [-0.15, -0.1) is 6.58 Å². The van der Waals surface area contributed by atoms with Crippen molar-refractivity contribution < 1.29 is 18.3 Å². The number of rotatable bonds is 14. The largest absolute Gasteiger partial charge is 0.403 e. The van der Waals surface area contributed by atoms with Crippen molar-refractivity contribution in [1.82, 2.24) is 0 Å². The molecule has 1 aliphatic heterocycles. The van der Waals surface area contributed by atoms with E-state index in [9.17, 15) is 0 Å². The Morgan fingerprint density at radius 3 is 1.50 bits per heavy atom. The van der Waals surface area contributed by atoms with Gasteiger partial charge in [0.15, 0.2) is 6.29 Å². The molecule has 52 heavy (non-hydrogen) atoms. The van der Waals surface area contributed by atoms with Crippen molar-refractivity contribution in [1.29, 1.82) is 0 Å². The molecule has 0 aromatic heterocycles. The fraction of sp³-hybridized carbons (Fsp3) is 0.391. The molecule has 0 aliphatic carbocycles. The van der Waals surface area contributed by atoms with Crippen molar-refractivity contribution in [2.24, 2.45) is 0 Å². The first-order valence-corrected chi connectivity index (χ1v) is 22.7. The maximum Gasteiger partial charge on any atom is 0.261 e. The monoisotopic (exact) mass is 730 g/mol. The molecular weight excluding hydrogens is 673 g/mol. The third-order valence-electron chi connectivity index (χ3n) is 10.2. The standard InChI is InChI=1S/C46H58O4Si2/c1-8-38(49-51(45(2,3)4,40-26-13-9-14-27-40)41-28-15-10-16-29-41)37-39(25-21-23-35-47-44-34-22-24-36-48-44)50-52(46(5,6)7,42-30-17-11-18-31-42)43-32-19-12-20-33-43/h8-20,26-33,38-39,44H,1,22,24-25,34-37H2,2-7H3/t38-,39+,44?/m1/s1. The van der Waals surface area contributed by atoms with Gasteiger partial charge in [-0.3, -0.25) is 0 Å². The summed E-state index contributed by atoms with van der Waals surface area (Å²) in [4.78, 5) is 0. The highest BCUT2D eigenvalue weighted by Gasteiger charge is 2.53. The summed E-state index contributed by atoms with van der Waals surface area (Å²) in [7, 11) is -5.78. The Balaban J connectivity index is 1.56. The Morgan fingerprint density at radius 1 is 0.673 bits per heavy atom. The van der Waals surface area contributed by atoms with E-state index in [-0.39, 0.29) is 28.6 Å². The second-order valence-electron chi connectivity index (χ2n) is 15.9. The van der Waals surface area contributed by atoms with Gasteiger partial charge in [0.1, 0.15) is 6.61 Å². The second kappa shape index (κ2) is 18.0. The zero-order chi connectivity index (χ0) is 37.1. The maximum absolute atomic E-state index is 7.77. The first-order valence-electron chi connectivity index (χ1n) is 18.9. The summed E-state index contributed by atoms with van der Waals surface area (Å²) in [6, 6.07) is 43.3. The lowest BCUT2D eigenvalue weighted by Gasteiger charge is -2.47. The molecule has 6 heteroatoms. The quantitative estimate of drug-likeness (QED) is 0.0743. The molecule has 1 saturated heterocycles. The number of hydrogen-bond acceptors (Lipinski definition) is 4. The number of hydrogen-bond donors (Lipinski definition) is 0. The molecule has 4 nitrogen and oxygen atoms in total. The Labute approximate surface area is 315 Å². The molecule has 1 heterocycles. The van der Waals surface area contributed by atoms with E-state index in [1.807, 2.05) is 6.08 Å². The minimum Gasteiger partial charge on any atom is -0.403 e. The van der Waals surface area contributed by atoms with Crippen LogP contribution in [0.3, 0.4) is 0 Å². The van der Waals surface area contributed by atoms with Gasteiger partial charge >= 0.3 is 0 Å². The molecule has 0 bridgehead atoms. The Hall–Kier alpha value is -3.55. The lowest BCUT2D eigenvalue weighted by molar-refractivity contribution is -0.154. The van der Waals surface area contributed by atoms with Crippen LogP contribution >= 0.6 is 0 Å². The van der Waals surface area contributed by atoms with Crippen LogP contribution in [0, 0.1) is 11.8 Å². The van der Waals surface area contributed by atoms with Gasteiger partial charge in [-0.2, -0.15) is 0 Å². The molecule has 0 radical (unpaired) electrons. The van der Waals surface area contributed by atoms with Gasteiger partial charge < -0.3 is 18.3 Å². The third-order valence-corrected chi connectivity index (χ3v) is 20.4. The SMILES string of the molecule is C=C[C@H](C[C@H](CC#CCOC1CCCCO1)O[Si](c1ccccc1)(c1ccccc1)C(C)(C)C)O[Si](c1ccccc1)(c1ccccc1)C(C)(C)C. The minimum atomic E-state index is -2.91. The number of ether oxygens (including phenoxy) is 2. The van der Waals surface area contributed by atoms with Crippen LogP contribution in [0.1, 0.15) is 73.6 Å².